The van der Waals surface area contributed by atoms with Gasteiger partial charge in [0.05, 0.1) is 6.04 Å². The van der Waals surface area contributed by atoms with Crippen LogP contribution < -0.4 is 5.32 Å². The molecule has 1 unspecified atom stereocenters. The van der Waals surface area contributed by atoms with Gasteiger partial charge in [0.1, 0.15) is 12.4 Å². The van der Waals surface area contributed by atoms with Gasteiger partial charge in [0.25, 0.3) is 0 Å². The topological polar surface area (TPSA) is 49.4 Å². The molecule has 0 saturated heterocycles. The summed E-state index contributed by atoms with van der Waals surface area (Å²) in [7, 11) is 0. The lowest BCUT2D eigenvalue weighted by Gasteiger charge is -2.32. The first-order valence-electron chi connectivity index (χ1n) is 8.02. The van der Waals surface area contributed by atoms with E-state index < -0.39 is 6.04 Å². The van der Waals surface area contributed by atoms with Crippen LogP contribution in [0.5, 0.6) is 0 Å². The number of carbonyl (C=O) groups is 2. The Bertz CT molecular complexity index is 821. The maximum Gasteiger partial charge on any atom is 0.244 e. The highest BCUT2D eigenvalue weighted by Gasteiger charge is 2.34. The van der Waals surface area contributed by atoms with E-state index in [9.17, 15) is 14.0 Å². The number of nitrogens with zero attached hydrogens (tertiary/aromatic N) is 1. The van der Waals surface area contributed by atoms with Crippen LogP contribution in [0.2, 0.25) is 5.02 Å². The molecule has 2 aromatic rings. The average Bonchev–Trinajstić information content (AvgIpc) is 2.70. The number of benzene rings is 2. The zero-order chi connectivity index (χ0) is 18.1. The first-order valence-corrected chi connectivity index (χ1v) is 8.40. The van der Waals surface area contributed by atoms with Crippen molar-refractivity contribution in [2.75, 3.05) is 11.9 Å². The van der Waals surface area contributed by atoms with Crippen LogP contribution in [0.4, 0.5) is 10.1 Å². The quantitative estimate of drug-likeness (QED) is 0.879. The molecule has 130 valence electrons. The van der Waals surface area contributed by atoms with Crippen LogP contribution in [0.15, 0.2) is 42.5 Å². The van der Waals surface area contributed by atoms with Gasteiger partial charge in [0, 0.05) is 22.2 Å². The summed E-state index contributed by atoms with van der Waals surface area (Å²) in [5.41, 5.74) is 2.03. The molecule has 1 atom stereocenters. The van der Waals surface area contributed by atoms with Crippen LogP contribution in [-0.4, -0.2) is 23.3 Å². The van der Waals surface area contributed by atoms with Crippen molar-refractivity contribution in [1.82, 2.24) is 4.90 Å². The van der Waals surface area contributed by atoms with Gasteiger partial charge in [-0.15, -0.1) is 0 Å². The molecule has 1 aliphatic heterocycles. The van der Waals surface area contributed by atoms with E-state index in [1.807, 2.05) is 0 Å². The van der Waals surface area contributed by atoms with Gasteiger partial charge in [-0.25, -0.2) is 4.39 Å². The van der Waals surface area contributed by atoms with Gasteiger partial charge in [-0.05, 0) is 35.9 Å². The molecule has 1 heterocycles. The second-order valence-electron chi connectivity index (χ2n) is 6.35. The first-order chi connectivity index (χ1) is 11.9. The molecule has 0 aromatic heterocycles. The van der Waals surface area contributed by atoms with Crippen molar-refractivity contribution in [3.05, 3.63) is 64.4 Å². The largest absolute Gasteiger partial charge is 0.324 e. The molecule has 25 heavy (non-hydrogen) atoms. The highest BCUT2D eigenvalue weighted by atomic mass is 35.5. The Morgan fingerprint density at radius 1 is 1.24 bits per heavy atom. The van der Waals surface area contributed by atoms with E-state index in [4.69, 9.17) is 11.6 Å². The van der Waals surface area contributed by atoms with Crippen molar-refractivity contribution in [3.63, 3.8) is 0 Å². The summed E-state index contributed by atoms with van der Waals surface area (Å²) in [4.78, 5) is 26.6. The molecule has 2 aromatic carbocycles. The Kier molecular flexibility index (Phi) is 4.77. The maximum atomic E-state index is 13.4. The minimum absolute atomic E-state index is 0.0780. The Morgan fingerprint density at radius 2 is 1.92 bits per heavy atom. The predicted octanol–water partition coefficient (Wildman–Crippen LogP) is 4.01. The van der Waals surface area contributed by atoms with Gasteiger partial charge in [-0.3, -0.25) is 9.59 Å². The number of halogens is 2. The molecule has 3 rings (SSSR count). The summed E-state index contributed by atoms with van der Waals surface area (Å²) < 4.78 is 13.4. The minimum Gasteiger partial charge on any atom is -0.324 e. The highest BCUT2D eigenvalue weighted by Crippen LogP contribution is 2.37. The highest BCUT2D eigenvalue weighted by molar-refractivity contribution is 6.30. The van der Waals surface area contributed by atoms with E-state index >= 15 is 0 Å². The fourth-order valence-electron chi connectivity index (χ4n) is 3.02. The molecule has 0 spiro atoms. The van der Waals surface area contributed by atoms with Crippen molar-refractivity contribution in [2.45, 2.75) is 19.9 Å². The number of anilines is 1. The Hall–Kier alpha value is -2.40. The van der Waals surface area contributed by atoms with Gasteiger partial charge < -0.3 is 10.2 Å². The molecule has 0 radical (unpaired) electrons. The number of hydrogen-bond acceptors (Lipinski definition) is 2. The SMILES string of the molecule is CC(C)C(=O)N1CC(=O)Nc2ccc(Cl)cc2C1c1ccc(F)cc1. The third kappa shape index (κ3) is 3.51. The lowest BCUT2D eigenvalue weighted by Crippen LogP contribution is -2.41. The third-order valence-electron chi connectivity index (χ3n) is 4.17. The van der Waals surface area contributed by atoms with Crippen LogP contribution in [0.1, 0.15) is 31.0 Å². The monoisotopic (exact) mass is 360 g/mol. The van der Waals surface area contributed by atoms with Gasteiger partial charge in [-0.2, -0.15) is 0 Å². The zero-order valence-corrected chi connectivity index (χ0v) is 14.7. The van der Waals surface area contributed by atoms with Gasteiger partial charge in [0.2, 0.25) is 11.8 Å². The average molecular weight is 361 g/mol. The molecular formula is C19H18ClFN2O2. The standard InChI is InChI=1S/C19H18ClFN2O2/c1-11(2)19(25)23-10-17(24)22-16-8-5-13(20)9-15(16)18(23)12-3-6-14(21)7-4-12/h3-9,11,18H,10H2,1-2H3,(H,22,24). The summed E-state index contributed by atoms with van der Waals surface area (Å²) in [6, 6.07) is 10.6. The number of fused-ring (bicyclic) bond motifs is 1. The zero-order valence-electron chi connectivity index (χ0n) is 13.9. The summed E-state index contributed by atoms with van der Waals surface area (Å²) in [6.07, 6.45) is 0. The van der Waals surface area contributed by atoms with Crippen molar-refractivity contribution in [3.8, 4) is 0 Å². The smallest absolute Gasteiger partial charge is 0.244 e. The summed E-state index contributed by atoms with van der Waals surface area (Å²) in [5.74, 6) is -1.07. The fraction of sp³-hybridized carbons (Fsp3) is 0.263. The summed E-state index contributed by atoms with van der Waals surface area (Å²) in [6.45, 7) is 3.49. The fourth-order valence-corrected chi connectivity index (χ4v) is 3.20. The number of carbonyl (C=O) groups excluding carboxylic acids is 2. The van der Waals surface area contributed by atoms with Crippen molar-refractivity contribution in [2.24, 2.45) is 5.92 Å². The number of nitrogens with one attached hydrogen (secondary N) is 1. The Labute approximate surface area is 150 Å². The first kappa shape index (κ1) is 17.4. The molecule has 0 aliphatic carbocycles. The van der Waals surface area contributed by atoms with E-state index in [1.54, 1.807) is 44.2 Å². The predicted molar refractivity (Wildman–Crippen MR) is 94.9 cm³/mol. The molecule has 4 nitrogen and oxygen atoms in total. The molecule has 1 aliphatic rings. The van der Waals surface area contributed by atoms with E-state index in [0.717, 1.165) is 5.56 Å². The second kappa shape index (κ2) is 6.84. The van der Waals surface area contributed by atoms with Crippen molar-refractivity contribution >= 4 is 29.1 Å². The molecule has 2 amide bonds. The van der Waals surface area contributed by atoms with E-state index in [-0.39, 0.29) is 30.1 Å². The summed E-state index contributed by atoms with van der Waals surface area (Å²) >= 11 is 6.16. The lowest BCUT2D eigenvalue weighted by molar-refractivity contribution is -0.139. The number of amides is 2. The molecule has 6 heteroatoms. The molecular weight excluding hydrogens is 343 g/mol. The molecule has 1 N–H and O–H groups in total. The van der Waals surface area contributed by atoms with Crippen LogP contribution in [0, 0.1) is 11.7 Å². The third-order valence-corrected chi connectivity index (χ3v) is 4.41. The van der Waals surface area contributed by atoms with Crippen LogP contribution in [-0.2, 0) is 9.59 Å². The number of rotatable bonds is 2. The van der Waals surface area contributed by atoms with E-state index in [0.29, 0.717) is 16.3 Å². The van der Waals surface area contributed by atoms with Crippen LogP contribution in [0.25, 0.3) is 0 Å². The summed E-state index contributed by atoms with van der Waals surface area (Å²) in [5, 5.41) is 3.32. The molecule has 0 fully saturated rings. The second-order valence-corrected chi connectivity index (χ2v) is 6.79. The van der Waals surface area contributed by atoms with Crippen LogP contribution in [0.3, 0.4) is 0 Å². The Morgan fingerprint density at radius 3 is 2.56 bits per heavy atom. The van der Waals surface area contributed by atoms with Crippen molar-refractivity contribution in [1.29, 1.82) is 0 Å². The number of hydrogen-bond donors (Lipinski definition) is 1. The van der Waals surface area contributed by atoms with Crippen molar-refractivity contribution < 1.29 is 14.0 Å². The van der Waals surface area contributed by atoms with Gasteiger partial charge in [0.15, 0.2) is 0 Å². The van der Waals surface area contributed by atoms with Crippen LogP contribution >= 0.6 is 11.6 Å². The van der Waals surface area contributed by atoms with E-state index in [1.165, 1.54) is 17.0 Å². The maximum absolute atomic E-state index is 13.4. The normalized spacial score (nSPS) is 17.1. The van der Waals surface area contributed by atoms with Gasteiger partial charge >= 0.3 is 0 Å². The molecule has 0 bridgehead atoms. The minimum atomic E-state index is -0.525. The molecule has 0 saturated carbocycles. The lowest BCUT2D eigenvalue weighted by atomic mass is 9.95. The van der Waals surface area contributed by atoms with E-state index in [2.05, 4.69) is 5.32 Å². The van der Waals surface area contributed by atoms with Gasteiger partial charge in [-0.1, -0.05) is 37.6 Å². The Balaban J connectivity index is 2.21.